The van der Waals surface area contributed by atoms with E-state index in [-0.39, 0.29) is 9.79 Å². The molecular weight excluding hydrogens is 212 g/mol. The average molecular weight is 218 g/mol. The van der Waals surface area contributed by atoms with E-state index in [4.69, 9.17) is 0 Å². The van der Waals surface area contributed by atoms with Gasteiger partial charge in [-0.25, -0.2) is 8.42 Å². The molecule has 74 valence electrons. The average Bonchev–Trinajstić information content (AvgIpc) is 2.51. The van der Waals surface area contributed by atoms with Crippen molar-refractivity contribution in [2.45, 2.75) is 9.79 Å². The van der Waals surface area contributed by atoms with Gasteiger partial charge in [-0.05, 0) is 12.1 Å². The van der Waals surface area contributed by atoms with Crippen LogP contribution >= 0.6 is 0 Å². The number of hydrogen-bond donors (Lipinski definition) is 0. The van der Waals surface area contributed by atoms with Gasteiger partial charge >= 0.3 is 0 Å². The molecule has 0 atom stereocenters. The van der Waals surface area contributed by atoms with E-state index in [0.717, 1.165) is 0 Å². The highest BCUT2D eigenvalue weighted by atomic mass is 32.2. The first-order valence-electron chi connectivity index (χ1n) is 4.35. The van der Waals surface area contributed by atoms with E-state index >= 15 is 0 Å². The van der Waals surface area contributed by atoms with Crippen LogP contribution in [0.3, 0.4) is 0 Å². The summed E-state index contributed by atoms with van der Waals surface area (Å²) in [5, 5.41) is 0. The summed E-state index contributed by atoms with van der Waals surface area (Å²) >= 11 is 0. The Morgan fingerprint density at radius 3 is 1.80 bits per heavy atom. The zero-order valence-corrected chi connectivity index (χ0v) is 8.40. The lowest BCUT2D eigenvalue weighted by atomic mass is 10.1. The second-order valence-electron chi connectivity index (χ2n) is 3.25. The maximum Gasteiger partial charge on any atom is 0.210 e. The molecule has 0 spiro atoms. The van der Waals surface area contributed by atoms with Crippen LogP contribution < -0.4 is 0 Å². The molecule has 0 saturated heterocycles. The number of sulfone groups is 1. The normalized spacial score (nSPS) is 15.7. The Hall–Kier alpha value is -1.75. The smallest absolute Gasteiger partial charge is 0.210 e. The van der Waals surface area contributed by atoms with E-state index in [1.54, 1.807) is 24.5 Å². The van der Waals surface area contributed by atoms with Gasteiger partial charge < -0.3 is 0 Å². The lowest BCUT2D eigenvalue weighted by Gasteiger charge is -1.94. The van der Waals surface area contributed by atoms with Crippen LogP contribution in [0.4, 0.5) is 0 Å². The molecule has 4 nitrogen and oxygen atoms in total. The van der Waals surface area contributed by atoms with Gasteiger partial charge in [-0.3, -0.25) is 9.97 Å². The summed E-state index contributed by atoms with van der Waals surface area (Å²) in [6.07, 6.45) is 5.93. The third-order valence-corrected chi connectivity index (χ3v) is 4.25. The van der Waals surface area contributed by atoms with Gasteiger partial charge in [0.05, 0.1) is 9.79 Å². The van der Waals surface area contributed by atoms with Gasteiger partial charge in [0.15, 0.2) is 0 Å². The largest absolute Gasteiger partial charge is 0.263 e. The van der Waals surface area contributed by atoms with Gasteiger partial charge in [0.2, 0.25) is 9.84 Å². The predicted molar refractivity (Wildman–Crippen MR) is 52.9 cm³/mol. The molecule has 2 aromatic rings. The molecule has 1 aliphatic rings. The van der Waals surface area contributed by atoms with Crippen molar-refractivity contribution in [3.63, 3.8) is 0 Å². The highest BCUT2D eigenvalue weighted by Crippen LogP contribution is 2.41. The topological polar surface area (TPSA) is 59.9 Å². The molecule has 2 aromatic heterocycles. The molecule has 1 aliphatic heterocycles. The molecule has 0 N–H and O–H groups in total. The minimum Gasteiger partial charge on any atom is -0.263 e. The van der Waals surface area contributed by atoms with Crippen molar-refractivity contribution in [1.82, 2.24) is 9.97 Å². The van der Waals surface area contributed by atoms with Gasteiger partial charge in [0, 0.05) is 35.9 Å². The summed E-state index contributed by atoms with van der Waals surface area (Å²) in [6, 6.07) is 3.41. The number of hydrogen-bond acceptors (Lipinski definition) is 4. The summed E-state index contributed by atoms with van der Waals surface area (Å²) in [5.74, 6) is 0. The number of nitrogens with zero attached hydrogens (tertiary/aromatic N) is 2. The van der Waals surface area contributed by atoms with Crippen molar-refractivity contribution in [2.24, 2.45) is 0 Å². The fourth-order valence-corrected chi connectivity index (χ4v) is 3.32. The Morgan fingerprint density at radius 1 is 0.867 bits per heavy atom. The second kappa shape index (κ2) is 2.64. The molecule has 0 bridgehead atoms. The minimum absolute atomic E-state index is 0.271. The molecule has 0 fully saturated rings. The number of aromatic nitrogens is 2. The van der Waals surface area contributed by atoms with Crippen LogP contribution in [-0.2, 0) is 9.84 Å². The lowest BCUT2D eigenvalue weighted by molar-refractivity contribution is 0.598. The van der Waals surface area contributed by atoms with E-state index < -0.39 is 9.84 Å². The number of fused-ring (bicyclic) bond motifs is 3. The Labute approximate surface area is 86.5 Å². The van der Waals surface area contributed by atoms with Gasteiger partial charge in [-0.1, -0.05) is 0 Å². The molecule has 0 saturated carbocycles. The quantitative estimate of drug-likeness (QED) is 0.570. The lowest BCUT2D eigenvalue weighted by Crippen LogP contribution is -1.97. The van der Waals surface area contributed by atoms with E-state index in [0.29, 0.717) is 11.1 Å². The van der Waals surface area contributed by atoms with Crippen LogP contribution in [0.15, 0.2) is 46.7 Å². The molecule has 3 rings (SSSR count). The minimum atomic E-state index is -3.39. The van der Waals surface area contributed by atoms with Crippen molar-refractivity contribution in [3.8, 4) is 11.1 Å². The summed E-state index contributed by atoms with van der Waals surface area (Å²) in [7, 11) is -3.39. The third kappa shape index (κ3) is 0.979. The van der Waals surface area contributed by atoms with Crippen LogP contribution in [-0.4, -0.2) is 18.4 Å². The SMILES string of the molecule is O=S1(=O)c2cnccc2-c2ccncc21. The first-order chi connectivity index (χ1) is 7.21. The maximum absolute atomic E-state index is 12.0. The Balaban J connectivity index is 2.53. The first-order valence-corrected chi connectivity index (χ1v) is 5.83. The third-order valence-electron chi connectivity index (χ3n) is 2.44. The first kappa shape index (κ1) is 8.55. The zero-order valence-electron chi connectivity index (χ0n) is 7.58. The monoisotopic (exact) mass is 218 g/mol. The van der Waals surface area contributed by atoms with Gasteiger partial charge in [0.25, 0.3) is 0 Å². The van der Waals surface area contributed by atoms with Crippen LogP contribution in [0.2, 0.25) is 0 Å². The fourth-order valence-electron chi connectivity index (χ4n) is 1.75. The van der Waals surface area contributed by atoms with E-state index in [2.05, 4.69) is 9.97 Å². The van der Waals surface area contributed by atoms with Crippen LogP contribution in [0.1, 0.15) is 0 Å². The number of pyridine rings is 2. The molecular formula is C10H6N2O2S. The van der Waals surface area contributed by atoms with Gasteiger partial charge in [-0.2, -0.15) is 0 Å². The predicted octanol–water partition coefficient (Wildman–Crippen LogP) is 1.29. The van der Waals surface area contributed by atoms with Crippen molar-refractivity contribution in [2.75, 3.05) is 0 Å². The maximum atomic E-state index is 12.0. The summed E-state index contributed by atoms with van der Waals surface area (Å²) in [4.78, 5) is 8.21. The molecule has 0 aliphatic carbocycles. The summed E-state index contributed by atoms with van der Waals surface area (Å²) in [6.45, 7) is 0. The molecule has 0 radical (unpaired) electrons. The summed E-state index contributed by atoms with van der Waals surface area (Å²) < 4.78 is 24.0. The second-order valence-corrected chi connectivity index (χ2v) is 5.13. The molecule has 0 unspecified atom stereocenters. The Kier molecular flexibility index (Phi) is 1.50. The fraction of sp³-hybridized carbons (Fsp3) is 0. The highest BCUT2D eigenvalue weighted by Gasteiger charge is 2.32. The Bertz CT molecular complexity index is 598. The standard InChI is InChI=1S/C10H6N2O2S/c13-15(14)9-5-11-3-1-7(9)8-2-4-12-6-10(8)15/h1-6H. The van der Waals surface area contributed by atoms with Crippen LogP contribution in [0, 0.1) is 0 Å². The van der Waals surface area contributed by atoms with E-state index in [1.165, 1.54) is 12.4 Å². The molecule has 0 aromatic carbocycles. The van der Waals surface area contributed by atoms with Crippen molar-refractivity contribution >= 4 is 9.84 Å². The van der Waals surface area contributed by atoms with E-state index in [9.17, 15) is 8.42 Å². The van der Waals surface area contributed by atoms with Crippen LogP contribution in [0.5, 0.6) is 0 Å². The van der Waals surface area contributed by atoms with Gasteiger partial charge in [0.1, 0.15) is 0 Å². The summed E-state index contributed by atoms with van der Waals surface area (Å²) in [5.41, 5.74) is 1.42. The molecule has 5 heteroatoms. The Morgan fingerprint density at radius 2 is 1.33 bits per heavy atom. The zero-order chi connectivity index (χ0) is 10.5. The van der Waals surface area contributed by atoms with Crippen molar-refractivity contribution in [1.29, 1.82) is 0 Å². The molecule has 3 heterocycles. The molecule has 0 amide bonds. The molecule has 15 heavy (non-hydrogen) atoms. The van der Waals surface area contributed by atoms with Crippen LogP contribution in [0.25, 0.3) is 11.1 Å². The number of rotatable bonds is 0. The highest BCUT2D eigenvalue weighted by molar-refractivity contribution is 7.92. The van der Waals surface area contributed by atoms with Crippen molar-refractivity contribution < 1.29 is 8.42 Å². The van der Waals surface area contributed by atoms with E-state index in [1.807, 2.05) is 0 Å². The van der Waals surface area contributed by atoms with Crippen molar-refractivity contribution in [3.05, 3.63) is 36.9 Å². The van der Waals surface area contributed by atoms with Gasteiger partial charge in [-0.15, -0.1) is 0 Å².